The zero-order valence-electron chi connectivity index (χ0n) is 7.78. The Bertz CT molecular complexity index is 377. The van der Waals surface area contributed by atoms with Gasteiger partial charge in [-0.1, -0.05) is 12.1 Å². The predicted molar refractivity (Wildman–Crippen MR) is 50.3 cm³/mol. The van der Waals surface area contributed by atoms with Gasteiger partial charge >= 0.3 is 0 Å². The van der Waals surface area contributed by atoms with Crippen LogP contribution in [0.5, 0.6) is 0 Å². The number of hydrogen-bond acceptors (Lipinski definition) is 2. The minimum absolute atomic E-state index is 0.0339. The van der Waals surface area contributed by atoms with E-state index >= 15 is 0 Å². The molecule has 1 aromatic carbocycles. The number of hydrogen-bond donors (Lipinski definition) is 1. The first kappa shape index (κ1) is 8.38. The van der Waals surface area contributed by atoms with Crippen LogP contribution < -0.4 is 0 Å². The van der Waals surface area contributed by atoms with E-state index in [0.29, 0.717) is 5.56 Å². The fourth-order valence-electron chi connectivity index (χ4n) is 2.39. The maximum Gasteiger partial charge on any atom is 0.123 e. The fraction of sp³-hybridized carbons (Fsp3) is 0.455. The molecule has 3 heteroatoms. The van der Waals surface area contributed by atoms with Crippen molar-refractivity contribution >= 4 is 0 Å². The normalized spacial score (nSPS) is 35.7. The summed E-state index contributed by atoms with van der Waals surface area (Å²) < 4.78 is 12.9. The first-order valence-corrected chi connectivity index (χ1v) is 4.91. The summed E-state index contributed by atoms with van der Waals surface area (Å²) in [6, 6.07) is 6.26. The molecule has 2 fully saturated rings. The largest absolute Gasteiger partial charge is 0.386 e. The molecule has 14 heavy (non-hydrogen) atoms. The molecule has 0 radical (unpaired) electrons. The van der Waals surface area contributed by atoms with Gasteiger partial charge < -0.3 is 5.11 Å². The number of nitrogens with zero attached hydrogens (tertiary/aromatic N) is 1. The molecule has 0 aromatic heterocycles. The van der Waals surface area contributed by atoms with Crippen LogP contribution in [0.1, 0.15) is 18.1 Å². The fourth-order valence-corrected chi connectivity index (χ4v) is 2.39. The number of fused-ring (bicyclic) bond motifs is 1. The van der Waals surface area contributed by atoms with Crippen molar-refractivity contribution in [3.05, 3.63) is 35.6 Å². The van der Waals surface area contributed by atoms with Gasteiger partial charge in [0.05, 0.1) is 11.6 Å². The monoisotopic (exact) mass is 193 g/mol. The third-order valence-corrected chi connectivity index (χ3v) is 3.48. The van der Waals surface area contributed by atoms with Crippen LogP contribution in [0.3, 0.4) is 0 Å². The van der Waals surface area contributed by atoms with E-state index in [2.05, 4.69) is 4.90 Å². The van der Waals surface area contributed by atoms with Crippen LogP contribution in [-0.4, -0.2) is 28.6 Å². The Labute approximate surface area is 82.0 Å². The lowest BCUT2D eigenvalue weighted by atomic mass is 9.89. The molecular formula is C11H12FNO. The molecule has 0 amide bonds. The van der Waals surface area contributed by atoms with Gasteiger partial charge in [0.2, 0.25) is 0 Å². The van der Waals surface area contributed by atoms with E-state index in [0.717, 1.165) is 19.5 Å². The third kappa shape index (κ3) is 0.967. The Morgan fingerprint density at radius 2 is 2.36 bits per heavy atom. The third-order valence-electron chi connectivity index (χ3n) is 3.48. The van der Waals surface area contributed by atoms with Crippen molar-refractivity contribution in [3.8, 4) is 0 Å². The molecule has 1 aromatic rings. The topological polar surface area (TPSA) is 23.2 Å². The number of halogens is 1. The van der Waals surface area contributed by atoms with Gasteiger partial charge in [-0.2, -0.15) is 0 Å². The number of rotatable bonds is 2. The van der Waals surface area contributed by atoms with Crippen LogP contribution in [0, 0.1) is 5.82 Å². The van der Waals surface area contributed by atoms with Gasteiger partial charge in [0, 0.05) is 13.1 Å². The van der Waals surface area contributed by atoms with Crippen molar-refractivity contribution in [1.82, 2.24) is 4.90 Å². The number of aliphatic hydroxyl groups excluding tert-OH is 1. The molecule has 2 nitrogen and oxygen atoms in total. The van der Waals surface area contributed by atoms with Crippen molar-refractivity contribution in [3.63, 3.8) is 0 Å². The van der Waals surface area contributed by atoms with Crippen LogP contribution in [0.2, 0.25) is 0 Å². The highest BCUT2D eigenvalue weighted by Crippen LogP contribution is 2.53. The van der Waals surface area contributed by atoms with E-state index in [4.69, 9.17) is 0 Å². The van der Waals surface area contributed by atoms with E-state index in [9.17, 15) is 9.50 Å². The number of aliphatic hydroxyl groups is 1. The minimum atomic E-state index is -0.521. The summed E-state index contributed by atoms with van der Waals surface area (Å²) in [5, 5.41) is 10.1. The maximum absolute atomic E-state index is 12.9. The Balaban J connectivity index is 1.88. The van der Waals surface area contributed by atoms with Crippen LogP contribution >= 0.6 is 0 Å². The SMILES string of the molecule is OC(c1cccc(F)c1)C12CCN1C2. The Morgan fingerprint density at radius 3 is 2.86 bits per heavy atom. The van der Waals surface area contributed by atoms with Gasteiger partial charge in [-0.15, -0.1) is 0 Å². The average molecular weight is 193 g/mol. The standard InChI is InChI=1S/C11H12FNO/c12-9-3-1-2-8(6-9)10(14)11-4-5-13(11)7-11/h1-3,6,10,14H,4-5,7H2. The van der Waals surface area contributed by atoms with Gasteiger partial charge in [-0.3, -0.25) is 4.90 Å². The predicted octanol–water partition coefficient (Wildman–Crippen LogP) is 1.32. The van der Waals surface area contributed by atoms with Gasteiger partial charge in [0.15, 0.2) is 0 Å². The molecule has 2 aliphatic heterocycles. The van der Waals surface area contributed by atoms with E-state index < -0.39 is 6.10 Å². The number of benzene rings is 1. The van der Waals surface area contributed by atoms with Gasteiger partial charge in [-0.25, -0.2) is 4.39 Å². The molecule has 3 atom stereocenters. The summed E-state index contributed by atoms with van der Waals surface area (Å²) in [4.78, 5) is 2.22. The van der Waals surface area contributed by atoms with E-state index in [1.165, 1.54) is 12.1 Å². The van der Waals surface area contributed by atoms with Crippen molar-refractivity contribution in [2.75, 3.05) is 13.1 Å². The summed E-state index contributed by atoms with van der Waals surface area (Å²) in [6.07, 6.45) is 0.511. The molecule has 3 rings (SSSR count). The molecule has 74 valence electrons. The molecule has 2 aliphatic rings. The molecule has 0 aliphatic carbocycles. The Morgan fingerprint density at radius 1 is 1.50 bits per heavy atom. The minimum Gasteiger partial charge on any atom is -0.386 e. The molecule has 2 saturated heterocycles. The van der Waals surface area contributed by atoms with Crippen molar-refractivity contribution < 1.29 is 9.50 Å². The smallest absolute Gasteiger partial charge is 0.123 e. The van der Waals surface area contributed by atoms with Gasteiger partial charge in [0.1, 0.15) is 5.82 Å². The van der Waals surface area contributed by atoms with Crippen LogP contribution in [0.25, 0.3) is 0 Å². The summed E-state index contributed by atoms with van der Waals surface area (Å²) in [5.41, 5.74) is 0.667. The first-order valence-electron chi connectivity index (χ1n) is 4.91. The summed E-state index contributed by atoms with van der Waals surface area (Å²) >= 11 is 0. The second-order valence-corrected chi connectivity index (χ2v) is 4.23. The molecular weight excluding hydrogens is 181 g/mol. The Hall–Kier alpha value is -0.930. The molecule has 1 N–H and O–H groups in total. The van der Waals surface area contributed by atoms with Crippen LogP contribution in [0.4, 0.5) is 4.39 Å². The zero-order valence-corrected chi connectivity index (χ0v) is 7.78. The molecule has 0 spiro atoms. The van der Waals surface area contributed by atoms with E-state index in [1.807, 2.05) is 0 Å². The lowest BCUT2D eigenvalue weighted by Crippen LogP contribution is -2.38. The van der Waals surface area contributed by atoms with Gasteiger partial charge in [0.25, 0.3) is 0 Å². The van der Waals surface area contributed by atoms with Crippen LogP contribution in [-0.2, 0) is 0 Å². The molecule has 0 bridgehead atoms. The summed E-state index contributed by atoms with van der Waals surface area (Å²) in [7, 11) is 0. The highest BCUT2D eigenvalue weighted by atomic mass is 19.1. The van der Waals surface area contributed by atoms with Crippen molar-refractivity contribution in [1.29, 1.82) is 0 Å². The van der Waals surface area contributed by atoms with Crippen LogP contribution in [0.15, 0.2) is 24.3 Å². The molecule has 2 heterocycles. The lowest BCUT2D eigenvalue weighted by molar-refractivity contribution is 0.0621. The van der Waals surface area contributed by atoms with E-state index in [1.54, 1.807) is 12.1 Å². The quantitative estimate of drug-likeness (QED) is 0.716. The van der Waals surface area contributed by atoms with Crippen molar-refractivity contribution in [2.45, 2.75) is 18.1 Å². The Kier molecular flexibility index (Phi) is 1.53. The molecule has 3 unspecified atom stereocenters. The summed E-state index contributed by atoms with van der Waals surface area (Å²) in [6.45, 7) is 2.04. The highest BCUT2D eigenvalue weighted by molar-refractivity contribution is 5.30. The van der Waals surface area contributed by atoms with Gasteiger partial charge in [-0.05, 0) is 24.1 Å². The molecule has 0 saturated carbocycles. The van der Waals surface area contributed by atoms with E-state index in [-0.39, 0.29) is 11.4 Å². The average Bonchev–Trinajstić information content (AvgIpc) is 2.68. The second kappa shape index (κ2) is 2.55. The first-order chi connectivity index (χ1) is 6.72. The highest BCUT2D eigenvalue weighted by Gasteiger charge is 2.63. The van der Waals surface area contributed by atoms with Crippen molar-refractivity contribution in [2.24, 2.45) is 0 Å². The maximum atomic E-state index is 12.9. The summed E-state index contributed by atoms with van der Waals surface area (Å²) in [5.74, 6) is -0.274. The zero-order chi connectivity index (χ0) is 9.76. The lowest BCUT2D eigenvalue weighted by Gasteiger charge is -2.31. The second-order valence-electron chi connectivity index (χ2n) is 4.23.